The second-order valence-electron chi connectivity index (χ2n) is 7.06. The lowest BCUT2D eigenvalue weighted by molar-refractivity contribution is -0.137. The van der Waals surface area contributed by atoms with Crippen molar-refractivity contribution in [2.24, 2.45) is 0 Å². The Hall–Kier alpha value is -2.10. The number of halogens is 1. The number of likely N-dealkylation sites (tertiary alicyclic amines) is 1. The molecule has 0 spiro atoms. The van der Waals surface area contributed by atoms with Gasteiger partial charge >= 0.3 is 5.97 Å². The van der Waals surface area contributed by atoms with Gasteiger partial charge in [-0.1, -0.05) is 18.0 Å². The highest BCUT2D eigenvalue weighted by Crippen LogP contribution is 2.25. The molecule has 1 fully saturated rings. The highest BCUT2D eigenvalue weighted by atomic mass is 35.5. The van der Waals surface area contributed by atoms with Crippen LogP contribution in [0.4, 0.5) is 5.82 Å². The third-order valence-corrected chi connectivity index (χ3v) is 5.34. The summed E-state index contributed by atoms with van der Waals surface area (Å²) < 4.78 is 10.8. The molecule has 0 unspecified atom stereocenters. The molecule has 29 heavy (non-hydrogen) atoms. The predicted molar refractivity (Wildman–Crippen MR) is 109 cm³/mol. The molecule has 1 amide bonds. The van der Waals surface area contributed by atoms with Gasteiger partial charge in [-0.05, 0) is 31.9 Å². The Bertz CT molecular complexity index is 718. The number of aromatic nitrogens is 1. The Labute approximate surface area is 175 Å². The number of amides is 1. The summed E-state index contributed by atoms with van der Waals surface area (Å²) in [6.07, 6.45) is 3.30. The average molecular weight is 429 g/mol. The van der Waals surface area contributed by atoms with Gasteiger partial charge < -0.3 is 30.5 Å². The van der Waals surface area contributed by atoms with Crippen LogP contribution < -0.4 is 15.8 Å². The first-order chi connectivity index (χ1) is 13.8. The van der Waals surface area contributed by atoms with Crippen LogP contribution in [-0.2, 0) is 9.53 Å². The zero-order valence-corrected chi connectivity index (χ0v) is 17.6. The molecule has 1 aliphatic heterocycles. The average Bonchev–Trinajstić information content (AvgIpc) is 2.69. The zero-order valence-electron chi connectivity index (χ0n) is 16.8. The molecule has 0 saturated carbocycles. The van der Waals surface area contributed by atoms with E-state index in [4.69, 9.17) is 31.9 Å². The first-order valence-electron chi connectivity index (χ1n) is 9.63. The first-order valence-corrected chi connectivity index (χ1v) is 10.0. The Morgan fingerprint density at radius 1 is 1.38 bits per heavy atom. The fourth-order valence-corrected chi connectivity index (χ4v) is 3.58. The number of nitrogen functional groups attached to an aromatic ring is 1. The van der Waals surface area contributed by atoms with Gasteiger partial charge in [-0.15, -0.1) is 0 Å². The molecular formula is C19H29ClN4O5. The van der Waals surface area contributed by atoms with Crippen molar-refractivity contribution in [1.29, 1.82) is 0 Å². The van der Waals surface area contributed by atoms with E-state index in [0.29, 0.717) is 13.0 Å². The molecule has 2 heterocycles. The van der Waals surface area contributed by atoms with E-state index in [1.807, 2.05) is 0 Å². The molecule has 4 N–H and O–H groups in total. The molecule has 0 radical (unpaired) electrons. The van der Waals surface area contributed by atoms with Crippen LogP contribution in [0.25, 0.3) is 0 Å². The molecule has 162 valence electrons. The van der Waals surface area contributed by atoms with Crippen molar-refractivity contribution in [2.75, 3.05) is 39.6 Å². The van der Waals surface area contributed by atoms with Crippen LogP contribution in [0.5, 0.6) is 5.88 Å². The lowest BCUT2D eigenvalue weighted by Crippen LogP contribution is -2.54. The Balaban J connectivity index is 1.90. The number of unbranched alkanes of at least 4 members (excludes halogenated alkanes) is 2. The van der Waals surface area contributed by atoms with Gasteiger partial charge in [0.2, 0.25) is 5.88 Å². The number of ether oxygens (including phenoxy) is 2. The second-order valence-corrected chi connectivity index (χ2v) is 7.47. The van der Waals surface area contributed by atoms with Gasteiger partial charge in [0.15, 0.2) is 0 Å². The quantitative estimate of drug-likeness (QED) is 0.481. The molecule has 1 saturated heterocycles. The number of methoxy groups -OCH3 is 2. The SMILES string of the molecule is COc1nc(N)c(Cl)cc1C(=O)N[C@@H]1CCN(CCCCCC(=O)O)C[C@@H]1OC. The number of nitrogens with one attached hydrogen (secondary N) is 1. The summed E-state index contributed by atoms with van der Waals surface area (Å²) in [4.78, 5) is 29.6. The summed E-state index contributed by atoms with van der Waals surface area (Å²) in [5.41, 5.74) is 5.90. The molecule has 1 aromatic rings. The number of rotatable bonds is 10. The third-order valence-electron chi connectivity index (χ3n) is 5.03. The number of carbonyl (C=O) groups excluding carboxylic acids is 1. The standard InChI is InChI=1S/C19H29ClN4O5/c1-28-15-11-24(8-5-3-4-6-16(25)26)9-7-14(15)22-18(27)12-10-13(20)17(21)23-19(12)29-2/h10,14-15H,3-9,11H2,1-2H3,(H2,21,23)(H,22,27)(H,25,26)/t14-,15+/m1/s1. The van der Waals surface area contributed by atoms with E-state index in [1.165, 1.54) is 13.2 Å². The van der Waals surface area contributed by atoms with Crippen molar-refractivity contribution >= 4 is 29.3 Å². The van der Waals surface area contributed by atoms with Gasteiger partial charge in [0, 0.05) is 26.6 Å². The van der Waals surface area contributed by atoms with Gasteiger partial charge in [-0.3, -0.25) is 9.59 Å². The number of carbonyl (C=O) groups is 2. The van der Waals surface area contributed by atoms with Crippen LogP contribution in [0.3, 0.4) is 0 Å². The minimum absolute atomic E-state index is 0.103. The van der Waals surface area contributed by atoms with Crippen molar-refractivity contribution in [3.8, 4) is 5.88 Å². The minimum atomic E-state index is -0.754. The number of nitrogens with two attached hydrogens (primary N) is 1. The molecule has 0 aromatic carbocycles. The van der Waals surface area contributed by atoms with Crippen molar-refractivity contribution in [1.82, 2.24) is 15.2 Å². The normalized spacial score (nSPS) is 19.7. The first kappa shape index (κ1) is 23.2. The van der Waals surface area contributed by atoms with Crippen LogP contribution in [0.1, 0.15) is 42.5 Å². The number of piperidine rings is 1. The lowest BCUT2D eigenvalue weighted by Gasteiger charge is -2.38. The van der Waals surface area contributed by atoms with Crippen molar-refractivity contribution in [2.45, 2.75) is 44.2 Å². The molecule has 10 heteroatoms. The number of anilines is 1. The fraction of sp³-hybridized carbons (Fsp3) is 0.632. The van der Waals surface area contributed by atoms with E-state index in [2.05, 4.69) is 15.2 Å². The summed E-state index contributed by atoms with van der Waals surface area (Å²) >= 11 is 6.01. The van der Waals surface area contributed by atoms with E-state index >= 15 is 0 Å². The molecule has 1 aliphatic rings. The minimum Gasteiger partial charge on any atom is -0.481 e. The van der Waals surface area contributed by atoms with Crippen LogP contribution in [0.15, 0.2) is 6.07 Å². The lowest BCUT2D eigenvalue weighted by atomic mass is 10.0. The third kappa shape index (κ3) is 6.73. The van der Waals surface area contributed by atoms with E-state index < -0.39 is 5.97 Å². The van der Waals surface area contributed by atoms with Crippen LogP contribution in [-0.4, -0.2) is 72.9 Å². The maximum absolute atomic E-state index is 12.8. The number of pyridine rings is 1. The smallest absolute Gasteiger partial charge is 0.303 e. The number of hydrogen-bond acceptors (Lipinski definition) is 7. The number of nitrogens with zero attached hydrogens (tertiary/aromatic N) is 2. The van der Waals surface area contributed by atoms with Gasteiger partial charge in [0.1, 0.15) is 11.4 Å². The highest BCUT2D eigenvalue weighted by Gasteiger charge is 2.31. The zero-order chi connectivity index (χ0) is 21.4. The topological polar surface area (TPSA) is 127 Å². The van der Waals surface area contributed by atoms with E-state index in [-0.39, 0.29) is 46.8 Å². The van der Waals surface area contributed by atoms with Crippen LogP contribution >= 0.6 is 11.6 Å². The Morgan fingerprint density at radius 3 is 2.79 bits per heavy atom. The van der Waals surface area contributed by atoms with Gasteiger partial charge in [0.05, 0.1) is 24.3 Å². The van der Waals surface area contributed by atoms with Crippen LogP contribution in [0.2, 0.25) is 5.02 Å². The molecule has 1 aromatic heterocycles. The van der Waals surface area contributed by atoms with Gasteiger partial charge in [-0.25, -0.2) is 0 Å². The van der Waals surface area contributed by atoms with Crippen molar-refractivity contribution < 1.29 is 24.2 Å². The Morgan fingerprint density at radius 2 is 2.14 bits per heavy atom. The van der Waals surface area contributed by atoms with Gasteiger partial charge in [0.25, 0.3) is 5.91 Å². The summed E-state index contributed by atoms with van der Waals surface area (Å²) in [6.45, 7) is 2.39. The largest absolute Gasteiger partial charge is 0.481 e. The van der Waals surface area contributed by atoms with E-state index in [9.17, 15) is 9.59 Å². The van der Waals surface area contributed by atoms with Crippen molar-refractivity contribution in [3.63, 3.8) is 0 Å². The summed E-state index contributed by atoms with van der Waals surface area (Å²) in [5, 5.41) is 11.9. The Kier molecular flexibility index (Phi) is 8.94. The fourth-order valence-electron chi connectivity index (χ4n) is 3.43. The summed E-state index contributed by atoms with van der Waals surface area (Å²) in [6, 6.07) is 1.29. The van der Waals surface area contributed by atoms with E-state index in [0.717, 1.165) is 32.4 Å². The number of hydrogen-bond donors (Lipinski definition) is 3. The molecule has 2 rings (SSSR count). The maximum Gasteiger partial charge on any atom is 0.303 e. The second kappa shape index (κ2) is 11.2. The number of carboxylic acids is 1. The van der Waals surface area contributed by atoms with Gasteiger partial charge in [-0.2, -0.15) is 4.98 Å². The molecule has 0 aliphatic carbocycles. The summed E-state index contributed by atoms with van der Waals surface area (Å²) in [5.74, 6) is -0.871. The van der Waals surface area contributed by atoms with Crippen molar-refractivity contribution in [3.05, 3.63) is 16.7 Å². The number of aliphatic carboxylic acids is 1. The highest BCUT2D eigenvalue weighted by molar-refractivity contribution is 6.33. The van der Waals surface area contributed by atoms with E-state index in [1.54, 1.807) is 7.11 Å². The summed E-state index contributed by atoms with van der Waals surface area (Å²) in [7, 11) is 3.04. The predicted octanol–water partition coefficient (Wildman–Crippen LogP) is 1.79. The molecule has 2 atom stereocenters. The maximum atomic E-state index is 12.8. The molecule has 9 nitrogen and oxygen atoms in total. The van der Waals surface area contributed by atoms with Crippen LogP contribution in [0, 0.1) is 0 Å². The number of carboxylic acid groups (broad SMARTS) is 1. The molecular weight excluding hydrogens is 400 g/mol. The molecule has 0 bridgehead atoms. The monoisotopic (exact) mass is 428 g/mol.